The number of nitrogens with zero attached hydrogens (tertiary/aromatic N) is 2. The number of hydrogen-bond acceptors (Lipinski definition) is 4. The molecule has 0 aliphatic carbocycles. The minimum absolute atomic E-state index is 0.00889. The highest BCUT2D eigenvalue weighted by Gasteiger charge is 2.33. The molecule has 0 unspecified atom stereocenters. The summed E-state index contributed by atoms with van der Waals surface area (Å²) < 4.78 is 6.12. The van der Waals surface area contributed by atoms with Gasteiger partial charge in [-0.1, -0.05) is 25.4 Å². The summed E-state index contributed by atoms with van der Waals surface area (Å²) in [7, 11) is 0. The van der Waals surface area contributed by atoms with E-state index in [4.69, 9.17) is 16.3 Å². The molecule has 0 spiro atoms. The molecule has 1 atom stereocenters. The lowest BCUT2D eigenvalue weighted by Crippen LogP contribution is -2.51. The Balaban J connectivity index is 1.77. The van der Waals surface area contributed by atoms with Crippen LogP contribution in [0, 0.1) is 12.8 Å². The molecule has 0 saturated heterocycles. The predicted octanol–water partition coefficient (Wildman–Crippen LogP) is 5.29. The van der Waals surface area contributed by atoms with E-state index in [9.17, 15) is 9.59 Å². The molecule has 2 heterocycles. The Morgan fingerprint density at radius 3 is 2.70 bits per heavy atom. The Kier molecular flexibility index (Phi) is 8.65. The summed E-state index contributed by atoms with van der Waals surface area (Å²) in [4.78, 5) is 31.0. The number of carbonyl (C=O) groups excluding carboxylic acids is 2. The number of benzene rings is 1. The first-order valence-electron chi connectivity index (χ1n) is 11.5. The second-order valence-corrected chi connectivity index (χ2v) is 10.7. The summed E-state index contributed by atoms with van der Waals surface area (Å²) in [5.74, 6) is 0.921. The van der Waals surface area contributed by atoms with Gasteiger partial charge in [-0.2, -0.15) is 0 Å². The van der Waals surface area contributed by atoms with Crippen molar-refractivity contribution in [3.05, 3.63) is 50.7 Å². The fraction of sp³-hybridized carbons (Fsp3) is 0.520. The lowest BCUT2D eigenvalue weighted by atomic mass is 10.0. The highest BCUT2D eigenvalue weighted by atomic mass is 35.5. The van der Waals surface area contributed by atoms with Crippen molar-refractivity contribution in [2.45, 2.75) is 53.1 Å². The summed E-state index contributed by atoms with van der Waals surface area (Å²) >= 11 is 7.86. The number of aryl methyl sites for hydroxylation is 1. The van der Waals surface area contributed by atoms with Crippen molar-refractivity contribution in [3.63, 3.8) is 0 Å². The largest absolute Gasteiger partial charge is 0.491 e. The maximum atomic E-state index is 13.5. The number of rotatable bonds is 8. The van der Waals surface area contributed by atoms with Gasteiger partial charge in [-0.05, 0) is 73.9 Å². The maximum absolute atomic E-state index is 13.5. The van der Waals surface area contributed by atoms with E-state index in [1.807, 2.05) is 57.7 Å². The Morgan fingerprint density at radius 1 is 1.27 bits per heavy atom. The van der Waals surface area contributed by atoms with Gasteiger partial charge in [0.25, 0.3) is 0 Å². The van der Waals surface area contributed by atoms with E-state index in [1.54, 1.807) is 16.2 Å². The standard InChI is InChI=1S/C25H34ClN3O3S/c1-16(2)13-28(25(31)27-17(3)4)14-24(30)29-10-8-23-20(9-11-33-23)22(29)15-32-19-6-7-21(26)18(5)12-19/h6-7,9,11-12,16-17,22H,8,10,13-15H2,1-5H3,(H,27,31)/t22-/m0/s1. The van der Waals surface area contributed by atoms with E-state index in [2.05, 4.69) is 16.8 Å². The molecule has 1 aliphatic heterocycles. The number of fused-ring (bicyclic) bond motifs is 1. The predicted molar refractivity (Wildman–Crippen MR) is 134 cm³/mol. The van der Waals surface area contributed by atoms with Crippen LogP contribution in [0.2, 0.25) is 5.02 Å². The molecule has 3 rings (SSSR count). The van der Waals surface area contributed by atoms with Crippen LogP contribution < -0.4 is 10.1 Å². The maximum Gasteiger partial charge on any atom is 0.318 e. The first-order valence-corrected chi connectivity index (χ1v) is 12.7. The summed E-state index contributed by atoms with van der Waals surface area (Å²) in [6.45, 7) is 11.4. The van der Waals surface area contributed by atoms with Gasteiger partial charge < -0.3 is 19.9 Å². The van der Waals surface area contributed by atoms with Crippen LogP contribution in [0.4, 0.5) is 4.79 Å². The monoisotopic (exact) mass is 491 g/mol. The van der Waals surface area contributed by atoms with Gasteiger partial charge in [-0.3, -0.25) is 4.79 Å². The van der Waals surface area contributed by atoms with Crippen molar-refractivity contribution in [2.24, 2.45) is 5.92 Å². The number of ether oxygens (including phenoxy) is 1. The fourth-order valence-electron chi connectivity index (χ4n) is 4.01. The third-order valence-electron chi connectivity index (χ3n) is 5.56. The summed E-state index contributed by atoms with van der Waals surface area (Å²) in [6, 6.07) is 7.27. The molecule has 1 aliphatic rings. The van der Waals surface area contributed by atoms with Gasteiger partial charge in [0, 0.05) is 29.0 Å². The molecule has 8 heteroatoms. The van der Waals surface area contributed by atoms with E-state index in [0.29, 0.717) is 24.7 Å². The van der Waals surface area contributed by atoms with Crippen molar-refractivity contribution >= 4 is 34.9 Å². The average molecular weight is 492 g/mol. The number of urea groups is 1. The zero-order chi connectivity index (χ0) is 24.1. The molecule has 6 nitrogen and oxygen atoms in total. The van der Waals surface area contributed by atoms with Gasteiger partial charge in [0.05, 0.1) is 6.04 Å². The Morgan fingerprint density at radius 2 is 2.03 bits per heavy atom. The van der Waals surface area contributed by atoms with Crippen molar-refractivity contribution < 1.29 is 14.3 Å². The molecule has 0 radical (unpaired) electrons. The average Bonchev–Trinajstić information content (AvgIpc) is 3.22. The third kappa shape index (κ3) is 6.64. The van der Waals surface area contributed by atoms with E-state index in [-0.39, 0.29) is 36.5 Å². The lowest BCUT2D eigenvalue weighted by molar-refractivity contribution is -0.135. The van der Waals surface area contributed by atoms with Gasteiger partial charge in [0.1, 0.15) is 18.9 Å². The van der Waals surface area contributed by atoms with Crippen LogP contribution in [-0.2, 0) is 11.2 Å². The molecular weight excluding hydrogens is 458 g/mol. The fourth-order valence-corrected chi connectivity index (χ4v) is 5.05. The van der Waals surface area contributed by atoms with E-state index in [1.165, 1.54) is 4.88 Å². The molecule has 1 aromatic carbocycles. The molecular formula is C25H34ClN3O3S. The highest BCUT2D eigenvalue weighted by Crippen LogP contribution is 2.34. The number of carbonyl (C=O) groups is 2. The molecule has 1 N–H and O–H groups in total. The number of thiophene rings is 1. The Labute approximate surface area is 205 Å². The molecule has 3 amide bonds. The SMILES string of the molecule is Cc1cc(OC[C@H]2c3ccsc3CCN2C(=O)CN(CC(C)C)C(=O)NC(C)C)ccc1Cl. The Hall–Kier alpha value is -2.25. The van der Waals surface area contributed by atoms with Crippen LogP contribution in [-0.4, -0.2) is 54.0 Å². The lowest BCUT2D eigenvalue weighted by Gasteiger charge is -2.37. The molecule has 0 bridgehead atoms. The first-order chi connectivity index (χ1) is 15.7. The molecule has 0 fully saturated rings. The highest BCUT2D eigenvalue weighted by molar-refractivity contribution is 7.10. The molecule has 2 aromatic rings. The summed E-state index contributed by atoms with van der Waals surface area (Å²) in [6.07, 6.45) is 0.817. The van der Waals surface area contributed by atoms with Crippen LogP contribution >= 0.6 is 22.9 Å². The quantitative estimate of drug-likeness (QED) is 0.545. The van der Waals surface area contributed by atoms with Gasteiger partial charge >= 0.3 is 6.03 Å². The number of amides is 3. The molecule has 1 aromatic heterocycles. The zero-order valence-electron chi connectivity index (χ0n) is 20.1. The molecule has 33 heavy (non-hydrogen) atoms. The van der Waals surface area contributed by atoms with Crippen LogP contribution in [0.5, 0.6) is 5.75 Å². The minimum atomic E-state index is -0.204. The second-order valence-electron chi connectivity index (χ2n) is 9.25. The number of halogens is 1. The van der Waals surface area contributed by atoms with Crippen LogP contribution in [0.15, 0.2) is 29.6 Å². The van der Waals surface area contributed by atoms with Gasteiger partial charge in [0.15, 0.2) is 0 Å². The van der Waals surface area contributed by atoms with Crippen molar-refractivity contribution in [1.29, 1.82) is 0 Å². The Bertz CT molecular complexity index is 976. The number of hydrogen-bond donors (Lipinski definition) is 1. The van der Waals surface area contributed by atoms with E-state index < -0.39 is 0 Å². The van der Waals surface area contributed by atoms with Gasteiger partial charge in [-0.15, -0.1) is 11.3 Å². The zero-order valence-corrected chi connectivity index (χ0v) is 21.6. The van der Waals surface area contributed by atoms with Crippen molar-refractivity contribution in [2.75, 3.05) is 26.2 Å². The second kappa shape index (κ2) is 11.3. The van der Waals surface area contributed by atoms with Crippen LogP contribution in [0.1, 0.15) is 49.7 Å². The first kappa shape index (κ1) is 25.4. The molecule has 0 saturated carbocycles. The van der Waals surface area contributed by atoms with E-state index in [0.717, 1.165) is 23.3 Å². The summed E-state index contributed by atoms with van der Waals surface area (Å²) in [5, 5.41) is 5.68. The summed E-state index contributed by atoms with van der Waals surface area (Å²) in [5.41, 5.74) is 2.08. The van der Waals surface area contributed by atoms with Gasteiger partial charge in [0.2, 0.25) is 5.91 Å². The van der Waals surface area contributed by atoms with E-state index >= 15 is 0 Å². The topological polar surface area (TPSA) is 61.9 Å². The minimum Gasteiger partial charge on any atom is -0.491 e. The van der Waals surface area contributed by atoms with Crippen molar-refractivity contribution in [3.8, 4) is 5.75 Å². The van der Waals surface area contributed by atoms with Gasteiger partial charge in [-0.25, -0.2) is 4.79 Å². The normalized spacial score (nSPS) is 15.5. The van der Waals surface area contributed by atoms with Crippen LogP contribution in [0.3, 0.4) is 0 Å². The smallest absolute Gasteiger partial charge is 0.318 e. The third-order valence-corrected chi connectivity index (χ3v) is 6.98. The molecule has 180 valence electrons. The van der Waals surface area contributed by atoms with Crippen LogP contribution in [0.25, 0.3) is 0 Å². The number of nitrogens with one attached hydrogen (secondary N) is 1. The van der Waals surface area contributed by atoms with Crippen molar-refractivity contribution in [1.82, 2.24) is 15.1 Å².